The summed E-state index contributed by atoms with van der Waals surface area (Å²) in [5.41, 5.74) is 9.99. The van der Waals surface area contributed by atoms with Crippen LogP contribution in [0, 0.1) is 5.92 Å². The van der Waals surface area contributed by atoms with Crippen molar-refractivity contribution in [3.05, 3.63) is 76.2 Å². The first-order valence-electron chi connectivity index (χ1n) is 12.3. The summed E-state index contributed by atoms with van der Waals surface area (Å²) in [4.78, 5) is 32.1. The average Bonchev–Trinajstić information content (AvgIpc) is 3.25. The highest BCUT2D eigenvalue weighted by molar-refractivity contribution is 7.17. The summed E-state index contributed by atoms with van der Waals surface area (Å²) in [7, 11) is 1.62. The first-order chi connectivity index (χ1) is 17.5. The Kier molecular flexibility index (Phi) is 6.74. The Morgan fingerprint density at radius 3 is 2.78 bits per heavy atom. The molecule has 0 fully saturated rings. The number of methoxy groups -OCH3 is 1. The molecular weight excluding hydrogens is 470 g/mol. The molecule has 184 valence electrons. The van der Waals surface area contributed by atoms with Gasteiger partial charge in [-0.3, -0.25) is 9.59 Å². The Bertz CT molecular complexity index is 1460. The van der Waals surface area contributed by atoms with Crippen LogP contribution in [-0.2, 0) is 12.8 Å². The zero-order valence-corrected chi connectivity index (χ0v) is 21.3. The van der Waals surface area contributed by atoms with E-state index >= 15 is 0 Å². The number of ether oxygens (including phenoxy) is 1. The zero-order chi connectivity index (χ0) is 25.2. The maximum absolute atomic E-state index is 13.7. The molecule has 1 atom stereocenters. The largest absolute Gasteiger partial charge is 0.497 e. The number of hydrogen-bond acceptors (Lipinski definition) is 5. The van der Waals surface area contributed by atoms with E-state index in [9.17, 15) is 9.59 Å². The summed E-state index contributed by atoms with van der Waals surface area (Å²) in [5, 5.41) is 4.31. The fraction of sp³-hybridized carbons (Fsp3) is 0.276. The second-order valence-corrected chi connectivity index (χ2v) is 10.3. The number of primary amides is 1. The van der Waals surface area contributed by atoms with E-state index in [1.165, 1.54) is 22.6 Å². The van der Waals surface area contributed by atoms with Gasteiger partial charge in [-0.2, -0.15) is 0 Å². The maximum atomic E-state index is 13.7. The number of carbonyl (C=O) groups excluding carboxylic acids is 2. The van der Waals surface area contributed by atoms with Gasteiger partial charge in [0, 0.05) is 15.8 Å². The number of para-hydroxylation sites is 1. The average molecular weight is 500 g/mol. The van der Waals surface area contributed by atoms with Crippen LogP contribution in [0.15, 0.2) is 54.6 Å². The van der Waals surface area contributed by atoms with Gasteiger partial charge in [0.15, 0.2) is 0 Å². The highest BCUT2D eigenvalue weighted by Gasteiger charge is 2.29. The highest BCUT2D eigenvalue weighted by atomic mass is 32.1. The third-order valence-electron chi connectivity index (χ3n) is 6.86. The van der Waals surface area contributed by atoms with E-state index in [0.29, 0.717) is 39.0 Å². The van der Waals surface area contributed by atoms with Crippen molar-refractivity contribution >= 4 is 39.1 Å². The van der Waals surface area contributed by atoms with Crippen LogP contribution < -0.4 is 15.8 Å². The molecule has 7 heteroatoms. The molecule has 3 N–H and O–H groups in total. The number of fused-ring (bicyclic) bond motifs is 2. The van der Waals surface area contributed by atoms with Gasteiger partial charge in [0.2, 0.25) is 0 Å². The topological polar surface area (TPSA) is 94.3 Å². The summed E-state index contributed by atoms with van der Waals surface area (Å²) < 4.78 is 5.37. The molecule has 2 heterocycles. The molecule has 2 amide bonds. The molecule has 2 aromatic heterocycles. The second-order valence-electron chi connectivity index (χ2n) is 9.23. The summed E-state index contributed by atoms with van der Waals surface area (Å²) in [6.45, 7) is 2.20. The SMILES string of the molecule is CCC[C@H]1CCc2c(sc(NC(=O)c3cc(-c4cccc(OC)c4)nc4ccccc34)c2C(N)=O)C1. The number of nitrogens with one attached hydrogen (secondary N) is 1. The molecular formula is C29H29N3O3S. The van der Waals surface area contributed by atoms with Crippen LogP contribution in [0.5, 0.6) is 5.75 Å². The molecule has 4 aromatic rings. The lowest BCUT2D eigenvalue weighted by molar-refractivity contribution is 0.1000. The first kappa shape index (κ1) is 24.0. The standard InChI is InChI=1S/C29H29N3O3S/c1-3-7-17-12-13-21-25(14-17)36-29(26(21)27(30)33)32-28(34)22-16-24(18-8-6-9-19(15-18)35-2)31-23-11-5-4-10-20(22)23/h4-6,8-11,15-17H,3,7,12-14H2,1-2H3,(H2,30,33)(H,32,34)/t17-/m0/s1. The number of pyridine rings is 1. The Balaban J connectivity index is 1.54. The van der Waals surface area contributed by atoms with Crippen LogP contribution in [-0.4, -0.2) is 23.9 Å². The fourth-order valence-electron chi connectivity index (χ4n) is 5.12. The minimum absolute atomic E-state index is 0.288. The molecule has 36 heavy (non-hydrogen) atoms. The number of hydrogen-bond donors (Lipinski definition) is 2. The number of carbonyl (C=O) groups is 2. The van der Waals surface area contributed by atoms with E-state index in [0.717, 1.165) is 42.2 Å². The molecule has 0 unspecified atom stereocenters. The van der Waals surface area contributed by atoms with Crippen molar-refractivity contribution in [1.29, 1.82) is 0 Å². The van der Waals surface area contributed by atoms with Crippen LogP contribution in [0.1, 0.15) is 57.3 Å². The van der Waals surface area contributed by atoms with E-state index < -0.39 is 5.91 Å². The quantitative estimate of drug-likeness (QED) is 0.315. The normalized spacial score (nSPS) is 14.9. The molecule has 0 saturated heterocycles. The third-order valence-corrected chi connectivity index (χ3v) is 8.03. The monoisotopic (exact) mass is 499 g/mol. The highest BCUT2D eigenvalue weighted by Crippen LogP contribution is 2.41. The van der Waals surface area contributed by atoms with Crippen molar-refractivity contribution in [3.8, 4) is 17.0 Å². The summed E-state index contributed by atoms with van der Waals surface area (Å²) >= 11 is 1.49. The van der Waals surface area contributed by atoms with Gasteiger partial charge in [-0.15, -0.1) is 11.3 Å². The lowest BCUT2D eigenvalue weighted by atomic mass is 9.84. The first-order valence-corrected chi connectivity index (χ1v) is 13.1. The van der Waals surface area contributed by atoms with E-state index in [2.05, 4.69) is 12.2 Å². The number of rotatable bonds is 7. The molecule has 0 spiro atoms. The van der Waals surface area contributed by atoms with Crippen LogP contribution in [0.2, 0.25) is 0 Å². The van der Waals surface area contributed by atoms with Crippen LogP contribution >= 0.6 is 11.3 Å². The number of nitrogens with zero attached hydrogens (tertiary/aromatic N) is 1. The zero-order valence-electron chi connectivity index (χ0n) is 20.5. The van der Waals surface area contributed by atoms with Crippen molar-refractivity contribution < 1.29 is 14.3 Å². The minimum atomic E-state index is -0.492. The Hall–Kier alpha value is -3.71. The van der Waals surface area contributed by atoms with Crippen LogP contribution in [0.3, 0.4) is 0 Å². The van der Waals surface area contributed by atoms with E-state index in [4.69, 9.17) is 15.5 Å². The van der Waals surface area contributed by atoms with Gasteiger partial charge in [0.1, 0.15) is 10.8 Å². The van der Waals surface area contributed by atoms with Crippen molar-refractivity contribution in [2.24, 2.45) is 11.7 Å². The maximum Gasteiger partial charge on any atom is 0.257 e. The van der Waals surface area contributed by atoms with Crippen molar-refractivity contribution in [2.45, 2.75) is 39.0 Å². The van der Waals surface area contributed by atoms with Crippen molar-refractivity contribution in [3.63, 3.8) is 0 Å². The molecule has 2 aromatic carbocycles. The molecule has 1 aliphatic rings. The second kappa shape index (κ2) is 10.1. The molecule has 6 nitrogen and oxygen atoms in total. The molecule has 0 bridgehead atoms. The van der Waals surface area contributed by atoms with Crippen LogP contribution in [0.4, 0.5) is 5.00 Å². The lowest BCUT2D eigenvalue weighted by Crippen LogP contribution is -2.20. The summed E-state index contributed by atoms with van der Waals surface area (Å²) in [6.07, 6.45) is 5.11. The predicted octanol–water partition coefficient (Wildman–Crippen LogP) is 6.23. The van der Waals surface area contributed by atoms with E-state index in [-0.39, 0.29) is 5.91 Å². The molecule has 1 aliphatic carbocycles. The summed E-state index contributed by atoms with van der Waals surface area (Å²) in [5.74, 6) is 0.544. The minimum Gasteiger partial charge on any atom is -0.497 e. The number of thiophene rings is 1. The predicted molar refractivity (Wildman–Crippen MR) is 145 cm³/mol. The van der Waals surface area contributed by atoms with E-state index in [1.807, 2.05) is 48.5 Å². The van der Waals surface area contributed by atoms with Gasteiger partial charge in [-0.05, 0) is 55.0 Å². The van der Waals surface area contributed by atoms with Gasteiger partial charge in [-0.1, -0.05) is 50.1 Å². The third kappa shape index (κ3) is 4.58. The number of amides is 2. The Morgan fingerprint density at radius 1 is 1.17 bits per heavy atom. The molecule has 0 aliphatic heterocycles. The van der Waals surface area contributed by atoms with E-state index in [1.54, 1.807) is 13.2 Å². The van der Waals surface area contributed by atoms with Gasteiger partial charge in [-0.25, -0.2) is 4.98 Å². The molecule has 0 saturated carbocycles. The molecule has 5 rings (SSSR count). The van der Waals surface area contributed by atoms with Crippen LogP contribution in [0.25, 0.3) is 22.2 Å². The Labute approximate surface area is 214 Å². The van der Waals surface area contributed by atoms with Crippen molar-refractivity contribution in [2.75, 3.05) is 12.4 Å². The van der Waals surface area contributed by atoms with Gasteiger partial charge in [0.25, 0.3) is 11.8 Å². The number of aromatic nitrogens is 1. The summed E-state index contributed by atoms with van der Waals surface area (Å²) in [6, 6.07) is 17.0. The number of nitrogens with two attached hydrogens (primary N) is 1. The molecule has 0 radical (unpaired) electrons. The van der Waals surface area contributed by atoms with Crippen molar-refractivity contribution in [1.82, 2.24) is 4.98 Å². The number of benzene rings is 2. The van der Waals surface area contributed by atoms with Gasteiger partial charge < -0.3 is 15.8 Å². The smallest absolute Gasteiger partial charge is 0.257 e. The van der Waals surface area contributed by atoms with Gasteiger partial charge >= 0.3 is 0 Å². The Morgan fingerprint density at radius 2 is 2.00 bits per heavy atom. The number of anilines is 1. The van der Waals surface area contributed by atoms with Gasteiger partial charge in [0.05, 0.1) is 29.4 Å². The lowest BCUT2D eigenvalue weighted by Gasteiger charge is -2.21. The fourth-order valence-corrected chi connectivity index (χ4v) is 6.48.